The van der Waals surface area contributed by atoms with Crippen LogP contribution in [-0.2, 0) is 16.6 Å². The number of carbonyl (C=O) groups is 1. The summed E-state index contributed by atoms with van der Waals surface area (Å²) < 4.78 is 26.2. The first-order valence-corrected chi connectivity index (χ1v) is 15.3. The lowest BCUT2D eigenvalue weighted by atomic mass is 10.1. The Morgan fingerprint density at radius 3 is 2.36 bits per heavy atom. The summed E-state index contributed by atoms with van der Waals surface area (Å²) in [6, 6.07) is 17.2. The van der Waals surface area contributed by atoms with Gasteiger partial charge in [-0.05, 0) is 55.0 Å². The SMILES string of the molecule is CCCS(=O)(=O)N1CCN(Cc2ccc(NC(=O)c3ccc(-c4cc(NCC5CC5)ncn4)cc3)cc2)CC1. The third kappa shape index (κ3) is 7.40. The van der Waals surface area contributed by atoms with Gasteiger partial charge in [-0.15, -0.1) is 0 Å². The van der Waals surface area contributed by atoms with Gasteiger partial charge in [-0.3, -0.25) is 9.69 Å². The van der Waals surface area contributed by atoms with Crippen molar-refractivity contribution in [2.75, 3.05) is 49.1 Å². The van der Waals surface area contributed by atoms with Crippen LogP contribution in [0.2, 0.25) is 0 Å². The van der Waals surface area contributed by atoms with E-state index in [1.165, 1.54) is 12.8 Å². The number of anilines is 2. The van der Waals surface area contributed by atoms with E-state index >= 15 is 0 Å². The van der Waals surface area contributed by atoms with Gasteiger partial charge >= 0.3 is 0 Å². The molecule has 3 aromatic rings. The number of amides is 1. The molecule has 2 heterocycles. The van der Waals surface area contributed by atoms with E-state index in [0.29, 0.717) is 38.2 Å². The molecule has 0 atom stereocenters. The van der Waals surface area contributed by atoms with Gasteiger partial charge in [-0.2, -0.15) is 4.31 Å². The summed E-state index contributed by atoms with van der Waals surface area (Å²) in [7, 11) is -3.13. The van der Waals surface area contributed by atoms with Crippen LogP contribution in [0, 0.1) is 5.92 Å². The van der Waals surface area contributed by atoms with Gasteiger partial charge in [0.1, 0.15) is 12.1 Å². The number of sulfonamides is 1. The first-order valence-electron chi connectivity index (χ1n) is 13.7. The average Bonchev–Trinajstić information content (AvgIpc) is 3.78. The van der Waals surface area contributed by atoms with E-state index in [1.54, 1.807) is 22.8 Å². The van der Waals surface area contributed by atoms with E-state index in [9.17, 15) is 13.2 Å². The first-order chi connectivity index (χ1) is 18.9. The van der Waals surface area contributed by atoms with Crippen LogP contribution in [0.15, 0.2) is 60.9 Å². The number of benzene rings is 2. The van der Waals surface area contributed by atoms with Crippen LogP contribution in [0.3, 0.4) is 0 Å². The molecule has 1 aliphatic carbocycles. The Morgan fingerprint density at radius 1 is 0.974 bits per heavy atom. The lowest BCUT2D eigenvalue weighted by molar-refractivity contribution is 0.102. The molecule has 2 aliphatic rings. The molecule has 1 saturated carbocycles. The van der Waals surface area contributed by atoms with Gasteiger partial charge in [-0.25, -0.2) is 18.4 Å². The fraction of sp³-hybridized carbons (Fsp3) is 0.414. The molecule has 1 aromatic heterocycles. The monoisotopic (exact) mass is 548 g/mol. The minimum atomic E-state index is -3.13. The Balaban J connectivity index is 1.12. The zero-order chi connectivity index (χ0) is 27.2. The summed E-state index contributed by atoms with van der Waals surface area (Å²) in [5, 5.41) is 6.33. The fourth-order valence-electron chi connectivity index (χ4n) is 4.68. The molecule has 206 valence electrons. The standard InChI is InChI=1S/C29H36N6O3S/c1-2-17-39(37,38)35-15-13-34(14-16-35)20-23-5-11-26(12-6-23)33-29(36)25-9-7-24(8-10-25)27-18-28(32-21-31-27)30-19-22-3-4-22/h5-12,18,21-22H,2-4,13-17,19-20H2,1H3,(H,33,36)(H,30,31,32). The molecule has 9 nitrogen and oxygen atoms in total. The first kappa shape index (κ1) is 27.2. The number of nitrogens with zero attached hydrogens (tertiary/aromatic N) is 4. The smallest absolute Gasteiger partial charge is 0.255 e. The van der Waals surface area contributed by atoms with Crippen molar-refractivity contribution in [1.29, 1.82) is 0 Å². The van der Waals surface area contributed by atoms with E-state index in [4.69, 9.17) is 0 Å². The highest BCUT2D eigenvalue weighted by Gasteiger charge is 2.26. The second kappa shape index (κ2) is 12.2. The lowest BCUT2D eigenvalue weighted by Gasteiger charge is -2.34. The Kier molecular flexibility index (Phi) is 8.54. The van der Waals surface area contributed by atoms with Gasteiger partial charge in [0.15, 0.2) is 0 Å². The Hall–Kier alpha value is -3.34. The van der Waals surface area contributed by atoms with Crippen molar-refractivity contribution in [3.05, 3.63) is 72.1 Å². The molecular weight excluding hydrogens is 512 g/mol. The highest BCUT2D eigenvalue weighted by atomic mass is 32.2. The van der Waals surface area contributed by atoms with Gasteiger partial charge in [0.2, 0.25) is 10.0 Å². The zero-order valence-electron chi connectivity index (χ0n) is 22.3. The molecular formula is C29H36N6O3S. The summed E-state index contributed by atoms with van der Waals surface area (Å²) in [4.78, 5) is 23.8. The van der Waals surface area contributed by atoms with Gasteiger partial charge in [0.05, 0.1) is 11.4 Å². The highest BCUT2D eigenvalue weighted by Crippen LogP contribution is 2.29. The molecule has 0 unspecified atom stereocenters. The van der Waals surface area contributed by atoms with Crippen molar-refractivity contribution in [2.24, 2.45) is 5.92 Å². The maximum Gasteiger partial charge on any atom is 0.255 e. The fourth-order valence-corrected chi connectivity index (χ4v) is 6.18. The molecule has 0 radical (unpaired) electrons. The summed E-state index contributed by atoms with van der Waals surface area (Å²) in [5.74, 6) is 1.62. The number of carbonyl (C=O) groups excluding carboxylic acids is 1. The van der Waals surface area contributed by atoms with Crippen LogP contribution in [0.1, 0.15) is 42.1 Å². The van der Waals surface area contributed by atoms with E-state index in [2.05, 4.69) is 25.5 Å². The van der Waals surface area contributed by atoms with Gasteiger partial charge in [-0.1, -0.05) is 31.2 Å². The zero-order valence-corrected chi connectivity index (χ0v) is 23.2. The molecule has 1 aliphatic heterocycles. The maximum absolute atomic E-state index is 12.8. The van der Waals surface area contributed by atoms with Crippen LogP contribution in [0.25, 0.3) is 11.3 Å². The van der Waals surface area contributed by atoms with Gasteiger partial charge in [0, 0.05) is 62.1 Å². The number of rotatable bonds is 11. The molecule has 39 heavy (non-hydrogen) atoms. The minimum absolute atomic E-state index is 0.173. The van der Waals surface area contributed by atoms with Gasteiger partial charge in [0.25, 0.3) is 5.91 Å². The lowest BCUT2D eigenvalue weighted by Crippen LogP contribution is -2.48. The Morgan fingerprint density at radius 2 is 1.69 bits per heavy atom. The molecule has 2 aromatic carbocycles. The molecule has 0 spiro atoms. The molecule has 1 amide bonds. The van der Waals surface area contributed by atoms with Crippen LogP contribution in [-0.4, -0.2) is 72.0 Å². The largest absolute Gasteiger partial charge is 0.370 e. The van der Waals surface area contributed by atoms with E-state index in [0.717, 1.165) is 47.3 Å². The van der Waals surface area contributed by atoms with E-state index in [-0.39, 0.29) is 11.7 Å². The minimum Gasteiger partial charge on any atom is -0.370 e. The third-order valence-electron chi connectivity index (χ3n) is 7.18. The Labute approximate surface area is 230 Å². The van der Waals surface area contributed by atoms with Gasteiger partial charge < -0.3 is 10.6 Å². The van der Waals surface area contributed by atoms with Crippen LogP contribution in [0.5, 0.6) is 0 Å². The second-order valence-electron chi connectivity index (χ2n) is 10.3. The van der Waals surface area contributed by atoms with Crippen LogP contribution < -0.4 is 10.6 Å². The Bertz CT molecular complexity index is 1370. The molecule has 0 bridgehead atoms. The second-order valence-corrected chi connectivity index (χ2v) is 12.4. The number of aromatic nitrogens is 2. The third-order valence-corrected chi connectivity index (χ3v) is 9.26. The number of piperazine rings is 1. The highest BCUT2D eigenvalue weighted by molar-refractivity contribution is 7.89. The maximum atomic E-state index is 12.8. The summed E-state index contributed by atoms with van der Waals surface area (Å²) in [6.07, 6.45) is 4.77. The van der Waals surface area contributed by atoms with Crippen LogP contribution >= 0.6 is 0 Å². The number of hydrogen-bond acceptors (Lipinski definition) is 7. The van der Waals surface area contributed by atoms with Crippen molar-refractivity contribution < 1.29 is 13.2 Å². The molecule has 2 N–H and O–H groups in total. The van der Waals surface area contributed by atoms with Crippen molar-refractivity contribution >= 4 is 27.4 Å². The normalized spacial score (nSPS) is 16.6. The van der Waals surface area contributed by atoms with Crippen molar-refractivity contribution in [3.63, 3.8) is 0 Å². The quantitative estimate of drug-likeness (QED) is 0.372. The molecule has 1 saturated heterocycles. The predicted molar refractivity (Wildman–Crippen MR) is 154 cm³/mol. The molecule has 2 fully saturated rings. The van der Waals surface area contributed by atoms with Crippen molar-refractivity contribution in [3.8, 4) is 11.3 Å². The predicted octanol–water partition coefficient (Wildman–Crippen LogP) is 4.08. The summed E-state index contributed by atoms with van der Waals surface area (Å²) in [5.41, 5.74) is 4.16. The average molecular weight is 549 g/mol. The number of nitrogens with one attached hydrogen (secondary N) is 2. The van der Waals surface area contributed by atoms with E-state index in [1.807, 2.05) is 49.4 Å². The van der Waals surface area contributed by atoms with Crippen molar-refractivity contribution in [2.45, 2.75) is 32.7 Å². The molecule has 5 rings (SSSR count). The summed E-state index contributed by atoms with van der Waals surface area (Å²) in [6.45, 7) is 6.07. The topological polar surface area (TPSA) is 108 Å². The summed E-state index contributed by atoms with van der Waals surface area (Å²) >= 11 is 0. The van der Waals surface area contributed by atoms with Crippen molar-refractivity contribution in [1.82, 2.24) is 19.2 Å². The number of hydrogen-bond donors (Lipinski definition) is 2. The van der Waals surface area contributed by atoms with E-state index < -0.39 is 10.0 Å². The molecule has 10 heteroatoms. The van der Waals surface area contributed by atoms with Crippen LogP contribution in [0.4, 0.5) is 11.5 Å².